The van der Waals surface area contributed by atoms with Gasteiger partial charge in [0.15, 0.2) is 4.80 Å². The van der Waals surface area contributed by atoms with Gasteiger partial charge in [0, 0.05) is 43.8 Å². The average molecular weight is 719 g/mol. The molecule has 0 amide bonds. The average Bonchev–Trinajstić information content (AvgIpc) is 3.45. The van der Waals surface area contributed by atoms with Gasteiger partial charge in [-0.3, -0.25) is 9.36 Å². The fraction of sp³-hybridized carbons (Fsp3) is 0.250. The van der Waals surface area contributed by atoms with Gasteiger partial charge < -0.3 is 14.0 Å². The molecule has 0 saturated heterocycles. The van der Waals surface area contributed by atoms with Crippen LogP contribution in [-0.2, 0) is 16.1 Å². The number of benzene rings is 3. The zero-order valence-electron chi connectivity index (χ0n) is 26.4. The Labute approximate surface area is 284 Å². The summed E-state index contributed by atoms with van der Waals surface area (Å²) in [6.07, 6.45) is 1.82. The van der Waals surface area contributed by atoms with E-state index in [1.165, 1.54) is 18.4 Å². The molecule has 1 aliphatic heterocycles. The summed E-state index contributed by atoms with van der Waals surface area (Å²) in [5.74, 6) is 0.0211. The second-order valence-electron chi connectivity index (χ2n) is 11.6. The Balaban J connectivity index is 1.60. The van der Waals surface area contributed by atoms with Crippen molar-refractivity contribution in [2.75, 3.05) is 7.11 Å². The van der Waals surface area contributed by atoms with Crippen LogP contribution in [0.1, 0.15) is 54.8 Å². The number of carbonyl (C=O) groups excluding carboxylic acids is 1. The standard InChI is InChI=1S/C36H33BrClN3O4S/c1-19(2)45-30-14-12-24(37)16-27(30)33-32(35(43)44-6)21(4)39-36-41(33)34(42)31(46-36)17-25-22(5)40(18-23-9-7-8-10-28(23)38)29-13-11-20(3)15-26(25)29/h7-17,19,33H,18H2,1-6H3/b31-17-/t33-/m0/s1. The molecule has 236 valence electrons. The van der Waals surface area contributed by atoms with Gasteiger partial charge in [0.25, 0.3) is 5.56 Å². The lowest BCUT2D eigenvalue weighted by atomic mass is 9.95. The first-order chi connectivity index (χ1) is 22.0. The minimum Gasteiger partial charge on any atom is -0.491 e. The number of thiazole rings is 1. The fourth-order valence-electron chi connectivity index (χ4n) is 6.02. The van der Waals surface area contributed by atoms with Crippen LogP contribution < -0.4 is 19.6 Å². The summed E-state index contributed by atoms with van der Waals surface area (Å²) >= 11 is 11.4. The van der Waals surface area contributed by atoms with Gasteiger partial charge in [-0.05, 0) is 82.7 Å². The molecule has 1 atom stereocenters. The molecular weight excluding hydrogens is 686 g/mol. The van der Waals surface area contributed by atoms with Crippen molar-refractivity contribution in [2.24, 2.45) is 4.99 Å². The number of aromatic nitrogens is 2. The SMILES string of the molecule is COC(=O)C1=C(C)N=c2s/c(=C\c3c(C)n(Cc4ccccc4Cl)c4ccc(C)cc34)c(=O)n2[C@H]1c1cc(Br)ccc1OC(C)C. The van der Waals surface area contributed by atoms with Crippen LogP contribution in [-0.4, -0.2) is 28.3 Å². The molecule has 0 N–H and O–H groups in total. The minimum absolute atomic E-state index is 0.128. The molecule has 0 spiro atoms. The predicted molar refractivity (Wildman–Crippen MR) is 188 cm³/mol. The van der Waals surface area contributed by atoms with E-state index in [1.807, 2.05) is 62.4 Å². The maximum Gasteiger partial charge on any atom is 0.338 e. The summed E-state index contributed by atoms with van der Waals surface area (Å²) in [6, 6.07) is 19.0. The molecule has 0 bridgehead atoms. The molecule has 10 heteroatoms. The number of esters is 1. The van der Waals surface area contributed by atoms with Crippen LogP contribution in [0, 0.1) is 13.8 Å². The maximum absolute atomic E-state index is 14.5. The molecule has 7 nitrogen and oxygen atoms in total. The Morgan fingerprint density at radius 3 is 2.59 bits per heavy atom. The largest absolute Gasteiger partial charge is 0.491 e. The van der Waals surface area contributed by atoms with Crippen molar-refractivity contribution in [3.05, 3.63) is 129 Å². The van der Waals surface area contributed by atoms with Gasteiger partial charge in [-0.1, -0.05) is 68.7 Å². The summed E-state index contributed by atoms with van der Waals surface area (Å²) in [7, 11) is 1.33. The quantitative estimate of drug-likeness (QED) is 0.167. The van der Waals surface area contributed by atoms with E-state index in [-0.39, 0.29) is 17.2 Å². The molecule has 46 heavy (non-hydrogen) atoms. The van der Waals surface area contributed by atoms with Gasteiger partial charge >= 0.3 is 5.97 Å². The van der Waals surface area contributed by atoms with E-state index in [1.54, 1.807) is 11.5 Å². The molecule has 0 radical (unpaired) electrons. The number of fused-ring (bicyclic) bond motifs is 2. The Morgan fingerprint density at radius 1 is 1.11 bits per heavy atom. The Kier molecular flexibility index (Phi) is 8.85. The maximum atomic E-state index is 14.5. The van der Waals surface area contributed by atoms with Crippen molar-refractivity contribution in [1.29, 1.82) is 0 Å². The molecule has 0 unspecified atom stereocenters. The minimum atomic E-state index is -0.804. The third-order valence-electron chi connectivity index (χ3n) is 8.15. The highest BCUT2D eigenvalue weighted by atomic mass is 79.9. The van der Waals surface area contributed by atoms with E-state index in [9.17, 15) is 9.59 Å². The number of hydrogen-bond donors (Lipinski definition) is 0. The first-order valence-electron chi connectivity index (χ1n) is 14.9. The number of methoxy groups -OCH3 is 1. The number of carbonyl (C=O) groups is 1. The van der Waals surface area contributed by atoms with Crippen LogP contribution in [0.15, 0.2) is 86.2 Å². The highest BCUT2D eigenvalue weighted by Gasteiger charge is 2.35. The fourth-order valence-corrected chi connectivity index (χ4v) is 7.62. The zero-order valence-corrected chi connectivity index (χ0v) is 29.5. The topological polar surface area (TPSA) is 74.8 Å². The second-order valence-corrected chi connectivity index (χ2v) is 14.0. The molecular formula is C36H33BrClN3O4S. The van der Waals surface area contributed by atoms with Crippen LogP contribution >= 0.6 is 38.9 Å². The summed E-state index contributed by atoms with van der Waals surface area (Å²) in [4.78, 5) is 33.0. The van der Waals surface area contributed by atoms with E-state index >= 15 is 0 Å². The summed E-state index contributed by atoms with van der Waals surface area (Å²) in [5.41, 5.74) is 6.31. The monoisotopic (exact) mass is 717 g/mol. The van der Waals surface area contributed by atoms with E-state index in [0.29, 0.717) is 37.9 Å². The van der Waals surface area contributed by atoms with Gasteiger partial charge in [-0.15, -0.1) is 0 Å². The molecule has 0 aliphatic carbocycles. The Hall–Kier alpha value is -3.92. The Bertz CT molecular complexity index is 2250. The Morgan fingerprint density at radius 2 is 1.87 bits per heavy atom. The van der Waals surface area contributed by atoms with Crippen molar-refractivity contribution >= 4 is 61.8 Å². The van der Waals surface area contributed by atoms with E-state index < -0.39 is 12.0 Å². The molecule has 0 saturated carbocycles. The summed E-state index contributed by atoms with van der Waals surface area (Å²) < 4.78 is 16.5. The summed E-state index contributed by atoms with van der Waals surface area (Å²) in [5, 5.41) is 1.74. The van der Waals surface area contributed by atoms with Gasteiger partial charge in [-0.2, -0.15) is 0 Å². The van der Waals surface area contributed by atoms with Crippen LogP contribution in [0.4, 0.5) is 0 Å². The number of rotatable bonds is 7. The van der Waals surface area contributed by atoms with Crippen LogP contribution in [0.2, 0.25) is 5.02 Å². The number of nitrogens with zero attached hydrogens (tertiary/aromatic N) is 3. The normalized spacial score (nSPS) is 15.0. The third-order valence-corrected chi connectivity index (χ3v) is 9.99. The van der Waals surface area contributed by atoms with Crippen LogP contribution in [0.5, 0.6) is 5.75 Å². The van der Waals surface area contributed by atoms with Gasteiger partial charge in [0.2, 0.25) is 0 Å². The highest BCUT2D eigenvalue weighted by Crippen LogP contribution is 2.38. The zero-order chi connectivity index (χ0) is 32.9. The van der Waals surface area contributed by atoms with Gasteiger partial charge in [0.05, 0.1) is 29.0 Å². The molecule has 2 aromatic heterocycles. The van der Waals surface area contributed by atoms with Crippen molar-refractivity contribution in [3.8, 4) is 5.75 Å². The van der Waals surface area contributed by atoms with Crippen molar-refractivity contribution in [1.82, 2.24) is 9.13 Å². The highest BCUT2D eigenvalue weighted by molar-refractivity contribution is 9.10. The number of allylic oxidation sites excluding steroid dienone is 1. The lowest BCUT2D eigenvalue weighted by molar-refractivity contribution is -0.136. The third kappa shape index (κ3) is 5.76. The van der Waals surface area contributed by atoms with Crippen molar-refractivity contribution < 1.29 is 14.3 Å². The van der Waals surface area contributed by atoms with Crippen LogP contribution in [0.25, 0.3) is 17.0 Å². The van der Waals surface area contributed by atoms with E-state index in [4.69, 9.17) is 26.1 Å². The second kappa shape index (κ2) is 12.7. The van der Waals surface area contributed by atoms with Crippen LogP contribution in [0.3, 0.4) is 0 Å². The molecule has 0 fully saturated rings. The lowest BCUT2D eigenvalue weighted by Gasteiger charge is -2.26. The number of hydrogen-bond acceptors (Lipinski definition) is 6. The molecule has 3 aromatic carbocycles. The molecule has 5 aromatic rings. The first kappa shape index (κ1) is 32.0. The number of halogens is 2. The number of aryl methyl sites for hydroxylation is 1. The summed E-state index contributed by atoms with van der Waals surface area (Å²) in [6.45, 7) is 10.4. The number of ether oxygens (including phenoxy) is 2. The molecule has 6 rings (SSSR count). The van der Waals surface area contributed by atoms with Crippen molar-refractivity contribution in [3.63, 3.8) is 0 Å². The van der Waals surface area contributed by atoms with Gasteiger partial charge in [0.1, 0.15) is 11.8 Å². The lowest BCUT2D eigenvalue weighted by Crippen LogP contribution is -2.40. The van der Waals surface area contributed by atoms with E-state index in [2.05, 4.69) is 52.5 Å². The smallest absolute Gasteiger partial charge is 0.338 e. The van der Waals surface area contributed by atoms with E-state index in [0.717, 1.165) is 37.8 Å². The van der Waals surface area contributed by atoms with Crippen molar-refractivity contribution in [2.45, 2.75) is 53.3 Å². The van der Waals surface area contributed by atoms with Gasteiger partial charge in [-0.25, -0.2) is 9.79 Å². The first-order valence-corrected chi connectivity index (χ1v) is 16.9. The molecule has 3 heterocycles. The molecule has 1 aliphatic rings. The predicted octanol–water partition coefficient (Wildman–Crippen LogP) is 7.23.